The molecule has 1 aromatic carbocycles. The fraction of sp³-hybridized carbons (Fsp3) is 0.417. The van der Waals surface area contributed by atoms with Gasteiger partial charge in [0, 0.05) is 30.7 Å². The van der Waals surface area contributed by atoms with Crippen molar-refractivity contribution >= 4 is 28.2 Å². The predicted octanol–water partition coefficient (Wildman–Crippen LogP) is 3.03. The summed E-state index contributed by atoms with van der Waals surface area (Å²) in [6, 6.07) is 11.8. The standard InChI is InChI=1S/C24H30N4O3S/c1-18-5-6-19-15-20(23(29)26-22(19)14-18)16-28(17-21-4-2-11-31-21)24(32)25-7-3-8-27-9-12-30-13-10-27/h2,4-6,11,14-15H,3,7-10,12-13,16-17H2,1H3,(H,25,32)(H,26,29). The lowest BCUT2D eigenvalue weighted by Crippen LogP contribution is -2.42. The molecule has 0 spiro atoms. The molecule has 2 N–H and O–H groups in total. The van der Waals surface area contributed by atoms with Gasteiger partial charge in [0.15, 0.2) is 5.11 Å². The number of aryl methyl sites for hydroxylation is 1. The Hall–Kier alpha value is -2.68. The van der Waals surface area contributed by atoms with E-state index in [-0.39, 0.29) is 5.56 Å². The molecule has 0 unspecified atom stereocenters. The minimum atomic E-state index is -0.0948. The average Bonchev–Trinajstić information content (AvgIpc) is 3.30. The van der Waals surface area contributed by atoms with Crippen molar-refractivity contribution in [3.05, 3.63) is 69.9 Å². The largest absolute Gasteiger partial charge is 0.467 e. The number of aromatic amines is 1. The fourth-order valence-electron chi connectivity index (χ4n) is 3.91. The topological polar surface area (TPSA) is 73.7 Å². The first-order valence-electron chi connectivity index (χ1n) is 11.1. The zero-order chi connectivity index (χ0) is 22.3. The van der Waals surface area contributed by atoms with Gasteiger partial charge in [-0.3, -0.25) is 9.69 Å². The van der Waals surface area contributed by atoms with Crippen LogP contribution in [-0.4, -0.2) is 59.3 Å². The number of nitrogens with one attached hydrogen (secondary N) is 2. The second-order valence-electron chi connectivity index (χ2n) is 8.19. The molecule has 1 aliphatic heterocycles. The van der Waals surface area contributed by atoms with E-state index in [1.165, 1.54) is 0 Å². The molecule has 2 aromatic heterocycles. The summed E-state index contributed by atoms with van der Waals surface area (Å²) in [5.41, 5.74) is 2.54. The monoisotopic (exact) mass is 454 g/mol. The Kier molecular flexibility index (Phi) is 7.57. The summed E-state index contributed by atoms with van der Waals surface area (Å²) in [6.07, 6.45) is 2.64. The van der Waals surface area contributed by atoms with E-state index in [4.69, 9.17) is 21.4 Å². The molecule has 0 radical (unpaired) electrons. The van der Waals surface area contributed by atoms with Gasteiger partial charge < -0.3 is 24.4 Å². The van der Waals surface area contributed by atoms with E-state index < -0.39 is 0 Å². The van der Waals surface area contributed by atoms with Crippen molar-refractivity contribution in [1.82, 2.24) is 20.1 Å². The minimum absolute atomic E-state index is 0.0948. The summed E-state index contributed by atoms with van der Waals surface area (Å²) < 4.78 is 10.9. The van der Waals surface area contributed by atoms with E-state index >= 15 is 0 Å². The normalized spacial score (nSPS) is 14.5. The van der Waals surface area contributed by atoms with Gasteiger partial charge in [0.25, 0.3) is 5.56 Å². The smallest absolute Gasteiger partial charge is 0.253 e. The minimum Gasteiger partial charge on any atom is -0.467 e. The zero-order valence-corrected chi connectivity index (χ0v) is 19.2. The number of ether oxygens (including phenoxy) is 1. The molecule has 1 saturated heterocycles. The number of furan rings is 1. The van der Waals surface area contributed by atoms with Gasteiger partial charge in [-0.2, -0.15) is 0 Å². The number of aromatic nitrogens is 1. The number of rotatable bonds is 8. The van der Waals surface area contributed by atoms with Crippen LogP contribution in [0.2, 0.25) is 0 Å². The molecule has 3 heterocycles. The lowest BCUT2D eigenvalue weighted by molar-refractivity contribution is 0.0376. The number of hydrogen-bond donors (Lipinski definition) is 2. The highest BCUT2D eigenvalue weighted by Crippen LogP contribution is 2.15. The van der Waals surface area contributed by atoms with Gasteiger partial charge in [-0.15, -0.1) is 0 Å². The molecule has 7 nitrogen and oxygen atoms in total. The third kappa shape index (κ3) is 5.97. The molecule has 0 atom stereocenters. The van der Waals surface area contributed by atoms with Gasteiger partial charge in [-0.1, -0.05) is 12.1 Å². The highest BCUT2D eigenvalue weighted by Gasteiger charge is 2.16. The first kappa shape index (κ1) is 22.5. The molecule has 170 valence electrons. The van der Waals surface area contributed by atoms with Crippen molar-refractivity contribution in [2.24, 2.45) is 0 Å². The van der Waals surface area contributed by atoms with Crippen LogP contribution < -0.4 is 10.9 Å². The summed E-state index contributed by atoms with van der Waals surface area (Å²) in [7, 11) is 0. The van der Waals surface area contributed by atoms with Crippen LogP contribution in [-0.2, 0) is 17.8 Å². The van der Waals surface area contributed by atoms with E-state index in [2.05, 4.69) is 15.2 Å². The van der Waals surface area contributed by atoms with Crippen molar-refractivity contribution in [2.75, 3.05) is 39.4 Å². The number of H-pyrrole nitrogens is 1. The highest BCUT2D eigenvalue weighted by molar-refractivity contribution is 7.80. The van der Waals surface area contributed by atoms with Crippen LogP contribution in [0.5, 0.6) is 0 Å². The molecule has 0 bridgehead atoms. The molecular formula is C24H30N4O3S. The lowest BCUT2D eigenvalue weighted by Gasteiger charge is -2.27. The molecule has 1 fully saturated rings. The number of morpholine rings is 1. The van der Waals surface area contributed by atoms with Crippen LogP contribution in [0.25, 0.3) is 10.9 Å². The second kappa shape index (κ2) is 10.8. The molecule has 32 heavy (non-hydrogen) atoms. The van der Waals surface area contributed by atoms with Gasteiger partial charge in [0.05, 0.1) is 32.6 Å². The Morgan fingerprint density at radius 2 is 2.06 bits per heavy atom. The molecule has 0 amide bonds. The quantitative estimate of drug-likeness (QED) is 0.400. The van der Waals surface area contributed by atoms with Crippen molar-refractivity contribution in [1.29, 1.82) is 0 Å². The number of fused-ring (bicyclic) bond motifs is 1. The summed E-state index contributed by atoms with van der Waals surface area (Å²) in [4.78, 5) is 20.1. The summed E-state index contributed by atoms with van der Waals surface area (Å²) in [6.45, 7) is 8.28. The van der Waals surface area contributed by atoms with Gasteiger partial charge >= 0.3 is 0 Å². The van der Waals surface area contributed by atoms with Gasteiger partial charge in [0.2, 0.25) is 0 Å². The first-order chi connectivity index (χ1) is 15.6. The zero-order valence-electron chi connectivity index (χ0n) is 18.4. The summed E-state index contributed by atoms with van der Waals surface area (Å²) in [5.74, 6) is 0.801. The van der Waals surface area contributed by atoms with Crippen molar-refractivity contribution < 1.29 is 9.15 Å². The van der Waals surface area contributed by atoms with Crippen LogP contribution in [0, 0.1) is 6.92 Å². The lowest BCUT2D eigenvalue weighted by atomic mass is 10.1. The number of thiocarbonyl (C=S) groups is 1. The molecule has 4 rings (SSSR count). The van der Waals surface area contributed by atoms with Crippen molar-refractivity contribution in [3.63, 3.8) is 0 Å². The predicted molar refractivity (Wildman–Crippen MR) is 130 cm³/mol. The van der Waals surface area contributed by atoms with E-state index in [1.54, 1.807) is 6.26 Å². The molecular weight excluding hydrogens is 424 g/mol. The maximum atomic E-state index is 12.8. The third-order valence-corrected chi connectivity index (χ3v) is 6.09. The molecule has 0 aliphatic carbocycles. The van der Waals surface area contributed by atoms with E-state index in [0.717, 1.165) is 68.0 Å². The average molecular weight is 455 g/mol. The van der Waals surface area contributed by atoms with Crippen LogP contribution in [0.1, 0.15) is 23.3 Å². The van der Waals surface area contributed by atoms with Crippen LogP contribution in [0.4, 0.5) is 0 Å². The van der Waals surface area contributed by atoms with Gasteiger partial charge in [0.1, 0.15) is 5.76 Å². The maximum absolute atomic E-state index is 12.8. The van der Waals surface area contributed by atoms with Gasteiger partial charge in [-0.25, -0.2) is 0 Å². The fourth-order valence-corrected chi connectivity index (χ4v) is 4.14. The Labute approximate surface area is 193 Å². The van der Waals surface area contributed by atoms with Crippen LogP contribution in [0.3, 0.4) is 0 Å². The Morgan fingerprint density at radius 1 is 1.22 bits per heavy atom. The van der Waals surface area contributed by atoms with Crippen molar-refractivity contribution in [3.8, 4) is 0 Å². The molecule has 1 aliphatic rings. The molecule has 8 heteroatoms. The Bertz CT molecular complexity index is 1090. The maximum Gasteiger partial charge on any atom is 0.253 e. The molecule has 0 saturated carbocycles. The van der Waals surface area contributed by atoms with Gasteiger partial charge in [-0.05, 0) is 67.3 Å². The van der Waals surface area contributed by atoms with Crippen LogP contribution >= 0.6 is 12.2 Å². The number of pyridine rings is 1. The highest BCUT2D eigenvalue weighted by atomic mass is 32.1. The Morgan fingerprint density at radius 3 is 2.84 bits per heavy atom. The summed E-state index contributed by atoms with van der Waals surface area (Å²) >= 11 is 5.70. The van der Waals surface area contributed by atoms with Crippen LogP contribution in [0.15, 0.2) is 51.9 Å². The molecule has 3 aromatic rings. The number of nitrogens with zero attached hydrogens (tertiary/aromatic N) is 2. The second-order valence-corrected chi connectivity index (χ2v) is 8.58. The third-order valence-electron chi connectivity index (χ3n) is 5.68. The first-order valence-corrected chi connectivity index (χ1v) is 11.5. The SMILES string of the molecule is Cc1ccc2cc(CN(Cc3ccco3)C(=S)NCCCN3CCOCC3)c(=O)[nH]c2c1. The van der Waals surface area contributed by atoms with Crippen molar-refractivity contribution in [2.45, 2.75) is 26.4 Å². The Balaban J connectivity index is 1.42. The van der Waals surface area contributed by atoms with E-state index in [9.17, 15) is 4.79 Å². The number of benzene rings is 1. The number of hydrogen-bond acceptors (Lipinski definition) is 5. The van der Waals surface area contributed by atoms with E-state index in [0.29, 0.717) is 23.8 Å². The summed E-state index contributed by atoms with van der Waals surface area (Å²) in [5, 5.41) is 4.99. The van der Waals surface area contributed by atoms with E-state index in [1.807, 2.05) is 48.2 Å².